The van der Waals surface area contributed by atoms with E-state index in [1.807, 2.05) is 0 Å². The molecule has 0 saturated carbocycles. The van der Waals surface area contributed by atoms with Crippen LogP contribution >= 0.6 is 23.4 Å². The van der Waals surface area contributed by atoms with Crippen molar-refractivity contribution in [2.75, 3.05) is 6.61 Å². The van der Waals surface area contributed by atoms with Gasteiger partial charge in [0.05, 0.1) is 5.25 Å². The molecule has 106 valence electrons. The molecular weight excluding hydrogens is 303 g/mol. The minimum absolute atomic E-state index is 0.565. The van der Waals surface area contributed by atoms with Crippen LogP contribution in [0.15, 0.2) is 29.2 Å². The summed E-state index contributed by atoms with van der Waals surface area (Å²) in [6.07, 6.45) is -4.47. The third kappa shape index (κ3) is 6.70. The summed E-state index contributed by atoms with van der Waals surface area (Å²) in [5.74, 6) is -0.635. The second-order valence-corrected chi connectivity index (χ2v) is 5.43. The quantitative estimate of drug-likeness (QED) is 0.668. The third-order valence-corrected chi connectivity index (χ3v) is 3.27. The number of nitrogens with one attached hydrogen (secondary N) is 1. The van der Waals surface area contributed by atoms with Crippen LogP contribution in [0, 0.1) is 0 Å². The maximum Gasteiger partial charge on any atom is 0.414 e. The topological polar surface area (TPSA) is 38.3 Å². The van der Waals surface area contributed by atoms with Crippen molar-refractivity contribution in [3.63, 3.8) is 0 Å². The van der Waals surface area contributed by atoms with Gasteiger partial charge in [0.15, 0.2) is 6.61 Å². The van der Waals surface area contributed by atoms with Gasteiger partial charge in [0, 0.05) is 9.92 Å². The molecule has 1 amide bonds. The Morgan fingerprint density at radius 1 is 1.42 bits per heavy atom. The van der Waals surface area contributed by atoms with Gasteiger partial charge in [-0.1, -0.05) is 11.6 Å². The Morgan fingerprint density at radius 2 is 2.00 bits per heavy atom. The molecule has 1 rings (SSSR count). The molecule has 0 heterocycles. The third-order valence-electron chi connectivity index (χ3n) is 1.90. The van der Waals surface area contributed by atoms with Crippen LogP contribution in [-0.4, -0.2) is 23.9 Å². The van der Waals surface area contributed by atoms with E-state index in [2.05, 4.69) is 4.84 Å². The van der Waals surface area contributed by atoms with Gasteiger partial charge in [-0.3, -0.25) is 9.63 Å². The summed E-state index contributed by atoms with van der Waals surface area (Å²) >= 11 is 6.89. The van der Waals surface area contributed by atoms with Crippen molar-refractivity contribution in [2.24, 2.45) is 0 Å². The van der Waals surface area contributed by atoms with Crippen LogP contribution in [0.1, 0.15) is 6.92 Å². The molecule has 0 fully saturated rings. The summed E-state index contributed by atoms with van der Waals surface area (Å²) in [6, 6.07) is 6.75. The van der Waals surface area contributed by atoms with Crippen molar-refractivity contribution in [2.45, 2.75) is 23.2 Å². The number of carbonyl (C=O) groups is 1. The van der Waals surface area contributed by atoms with Crippen LogP contribution < -0.4 is 5.48 Å². The molecule has 0 radical (unpaired) electrons. The highest BCUT2D eigenvalue weighted by Gasteiger charge is 2.28. The molecule has 3 nitrogen and oxygen atoms in total. The summed E-state index contributed by atoms with van der Waals surface area (Å²) in [4.78, 5) is 16.3. The maximum absolute atomic E-state index is 11.8. The molecule has 19 heavy (non-hydrogen) atoms. The number of amides is 1. The number of alkyl halides is 3. The zero-order chi connectivity index (χ0) is 14.5. The molecule has 0 bridgehead atoms. The van der Waals surface area contributed by atoms with Crippen molar-refractivity contribution in [1.82, 2.24) is 5.48 Å². The van der Waals surface area contributed by atoms with Crippen molar-refractivity contribution >= 4 is 29.3 Å². The number of thioether (sulfide) groups is 1. The molecule has 0 saturated heterocycles. The van der Waals surface area contributed by atoms with E-state index >= 15 is 0 Å². The predicted octanol–water partition coefficient (Wildman–Crippen LogP) is 3.43. The number of hydrogen-bond donors (Lipinski definition) is 1. The molecule has 1 aromatic carbocycles. The van der Waals surface area contributed by atoms with Crippen LogP contribution in [-0.2, 0) is 9.63 Å². The van der Waals surface area contributed by atoms with Crippen LogP contribution in [0.3, 0.4) is 0 Å². The van der Waals surface area contributed by atoms with Gasteiger partial charge in [0.25, 0.3) is 5.91 Å². The lowest BCUT2D eigenvalue weighted by atomic mass is 10.4. The molecule has 1 unspecified atom stereocenters. The Bertz CT molecular complexity index is 425. The van der Waals surface area contributed by atoms with Crippen LogP contribution in [0.4, 0.5) is 13.2 Å². The Morgan fingerprint density at radius 3 is 2.53 bits per heavy atom. The van der Waals surface area contributed by atoms with E-state index in [1.165, 1.54) is 11.8 Å². The fourth-order valence-electron chi connectivity index (χ4n) is 1.04. The van der Waals surface area contributed by atoms with Gasteiger partial charge in [-0.05, 0) is 31.2 Å². The van der Waals surface area contributed by atoms with Crippen molar-refractivity contribution in [1.29, 1.82) is 0 Å². The van der Waals surface area contributed by atoms with E-state index in [0.29, 0.717) is 5.02 Å². The lowest BCUT2D eigenvalue weighted by Gasteiger charge is -2.12. The maximum atomic E-state index is 11.8. The summed E-state index contributed by atoms with van der Waals surface area (Å²) < 4.78 is 35.4. The lowest BCUT2D eigenvalue weighted by Crippen LogP contribution is -2.34. The number of hydrogen-bond acceptors (Lipinski definition) is 3. The Kier molecular flexibility index (Phi) is 5.96. The first-order valence-corrected chi connectivity index (χ1v) is 6.44. The highest BCUT2D eigenvalue weighted by atomic mass is 35.5. The highest BCUT2D eigenvalue weighted by molar-refractivity contribution is 8.00. The van der Waals surface area contributed by atoms with Gasteiger partial charge in [0.1, 0.15) is 0 Å². The fraction of sp³-hybridized carbons (Fsp3) is 0.364. The Balaban J connectivity index is 2.38. The van der Waals surface area contributed by atoms with Gasteiger partial charge in [-0.25, -0.2) is 5.48 Å². The van der Waals surface area contributed by atoms with Gasteiger partial charge in [-0.2, -0.15) is 13.2 Å². The molecule has 1 N–H and O–H groups in total. The normalized spacial score (nSPS) is 13.1. The van der Waals surface area contributed by atoms with Gasteiger partial charge >= 0.3 is 6.18 Å². The zero-order valence-corrected chi connectivity index (χ0v) is 11.4. The van der Waals surface area contributed by atoms with Gasteiger partial charge in [0.2, 0.25) is 0 Å². The molecule has 0 aromatic heterocycles. The molecule has 0 aliphatic carbocycles. The number of halogens is 4. The molecule has 0 aliphatic heterocycles. The molecule has 8 heteroatoms. The van der Waals surface area contributed by atoms with Crippen molar-refractivity contribution < 1.29 is 22.8 Å². The predicted molar refractivity (Wildman–Crippen MR) is 66.9 cm³/mol. The van der Waals surface area contributed by atoms with E-state index < -0.39 is 23.9 Å². The average Bonchev–Trinajstić information content (AvgIpc) is 2.30. The summed E-state index contributed by atoms with van der Waals surface area (Å²) in [5.41, 5.74) is 1.76. The van der Waals surface area contributed by atoms with Crippen molar-refractivity contribution in [3.05, 3.63) is 29.3 Å². The minimum Gasteiger partial charge on any atom is -0.272 e. The molecular formula is C11H11ClF3NO2S. The summed E-state index contributed by atoms with van der Waals surface area (Å²) in [6.45, 7) is 0.0443. The van der Waals surface area contributed by atoms with Crippen LogP contribution in [0.25, 0.3) is 0 Å². The number of benzene rings is 1. The van der Waals surface area contributed by atoms with E-state index in [1.54, 1.807) is 36.7 Å². The average molecular weight is 314 g/mol. The molecule has 1 atom stereocenters. The van der Waals surface area contributed by atoms with Crippen molar-refractivity contribution in [3.8, 4) is 0 Å². The lowest BCUT2D eigenvalue weighted by molar-refractivity contribution is -0.191. The Hall–Kier alpha value is -0.920. The van der Waals surface area contributed by atoms with E-state index in [0.717, 1.165) is 4.90 Å². The van der Waals surface area contributed by atoms with E-state index in [-0.39, 0.29) is 0 Å². The first-order chi connectivity index (χ1) is 8.78. The number of carbonyl (C=O) groups excluding carboxylic acids is 1. The van der Waals surface area contributed by atoms with Gasteiger partial charge in [-0.15, -0.1) is 11.8 Å². The first kappa shape index (κ1) is 16.1. The largest absolute Gasteiger partial charge is 0.414 e. The fourth-order valence-corrected chi connectivity index (χ4v) is 2.03. The first-order valence-electron chi connectivity index (χ1n) is 5.18. The number of hydroxylamine groups is 1. The Labute approximate surface area is 117 Å². The summed E-state index contributed by atoms with van der Waals surface area (Å²) in [5, 5.41) is -0.0237. The second kappa shape index (κ2) is 7.02. The van der Waals surface area contributed by atoms with Crippen LogP contribution in [0.5, 0.6) is 0 Å². The summed E-state index contributed by atoms with van der Waals surface area (Å²) in [7, 11) is 0. The van der Waals surface area contributed by atoms with Gasteiger partial charge < -0.3 is 0 Å². The molecule has 0 aliphatic rings. The van der Waals surface area contributed by atoms with E-state index in [9.17, 15) is 18.0 Å². The second-order valence-electron chi connectivity index (χ2n) is 3.58. The van der Waals surface area contributed by atoms with Crippen LogP contribution in [0.2, 0.25) is 5.02 Å². The molecule has 1 aromatic rings. The molecule has 0 spiro atoms. The standard InChI is InChI=1S/C11H11ClF3NO2S/c1-7(10(17)16-18-6-11(13,14)15)19-9-4-2-8(12)3-5-9/h2-5,7H,6H2,1H3,(H,16,17). The minimum atomic E-state index is -4.47. The number of rotatable bonds is 5. The SMILES string of the molecule is CC(Sc1ccc(Cl)cc1)C(=O)NOCC(F)(F)F. The zero-order valence-electron chi connectivity index (χ0n) is 9.83. The monoisotopic (exact) mass is 313 g/mol. The smallest absolute Gasteiger partial charge is 0.272 e. The van der Waals surface area contributed by atoms with E-state index in [4.69, 9.17) is 11.6 Å². The highest BCUT2D eigenvalue weighted by Crippen LogP contribution is 2.24.